The fraction of sp³-hybridized carbons (Fsp3) is 0.375. The van der Waals surface area contributed by atoms with Crippen LogP contribution in [0, 0.1) is 5.92 Å². The molecule has 4 aromatic rings. The molecule has 1 atom stereocenters. The van der Waals surface area contributed by atoms with Gasteiger partial charge in [0.1, 0.15) is 11.6 Å². The number of aromatic nitrogens is 1. The Morgan fingerprint density at radius 3 is 2.70 bits per heavy atom. The number of amides is 1. The summed E-state index contributed by atoms with van der Waals surface area (Å²) >= 11 is 1.76. The monoisotopic (exact) mass is 556 g/mol. The lowest BCUT2D eigenvalue weighted by Crippen LogP contribution is -2.46. The number of hydrogen-bond acceptors (Lipinski definition) is 7. The van der Waals surface area contributed by atoms with Crippen molar-refractivity contribution >= 4 is 33.1 Å². The highest BCUT2D eigenvalue weighted by atomic mass is 32.1. The molecule has 8 heteroatoms. The van der Waals surface area contributed by atoms with Crippen LogP contribution >= 0.6 is 11.3 Å². The number of thiophene rings is 1. The Hall–Kier alpha value is -3.46. The van der Waals surface area contributed by atoms with Crippen molar-refractivity contribution in [2.24, 2.45) is 5.92 Å². The standard InChI is InChI=1S/C32H36N4O3S/c37-21-24-6-5-13-36(19-24)32(38)22-39-29-11-10-25(28-23-40-30-8-2-1-7-27(28)30)18-26(29)20-34-14-16-35(17-15-34)31-9-3-4-12-33-31/h1-4,7-12,18,23-24,37H,5-6,13-17,19-22H2/t24-/m0/s1. The molecule has 0 aliphatic carbocycles. The summed E-state index contributed by atoms with van der Waals surface area (Å²) in [6.07, 6.45) is 3.74. The number of piperidine rings is 1. The van der Waals surface area contributed by atoms with E-state index in [0.717, 1.165) is 69.2 Å². The minimum atomic E-state index is -0.0130. The summed E-state index contributed by atoms with van der Waals surface area (Å²) in [5.74, 6) is 1.94. The van der Waals surface area contributed by atoms with Crippen molar-refractivity contribution in [3.8, 4) is 16.9 Å². The van der Waals surface area contributed by atoms with Crippen LogP contribution in [0.3, 0.4) is 0 Å². The maximum absolute atomic E-state index is 13.0. The number of aliphatic hydroxyl groups is 1. The van der Waals surface area contributed by atoms with Gasteiger partial charge in [-0.1, -0.05) is 30.3 Å². The number of fused-ring (bicyclic) bond motifs is 1. The third-order valence-electron chi connectivity index (χ3n) is 8.07. The molecule has 6 rings (SSSR count). The molecule has 0 unspecified atom stereocenters. The summed E-state index contributed by atoms with van der Waals surface area (Å²) in [6, 6.07) is 20.9. The second-order valence-corrected chi connectivity index (χ2v) is 11.6. The first-order valence-corrected chi connectivity index (χ1v) is 15.0. The lowest BCUT2D eigenvalue weighted by atomic mass is 9.99. The number of benzene rings is 2. The molecular formula is C32H36N4O3S. The quantitative estimate of drug-likeness (QED) is 0.333. The highest BCUT2D eigenvalue weighted by Gasteiger charge is 2.24. The van der Waals surface area contributed by atoms with Gasteiger partial charge in [0.25, 0.3) is 5.91 Å². The van der Waals surface area contributed by atoms with Gasteiger partial charge in [-0.25, -0.2) is 4.98 Å². The summed E-state index contributed by atoms with van der Waals surface area (Å²) in [6.45, 7) is 5.93. The van der Waals surface area contributed by atoms with Gasteiger partial charge in [-0.3, -0.25) is 9.69 Å². The van der Waals surface area contributed by atoms with Gasteiger partial charge in [0, 0.05) is 79.8 Å². The molecular weight excluding hydrogens is 520 g/mol. The number of rotatable bonds is 8. The SMILES string of the molecule is O=C(COc1ccc(-c2csc3ccccc23)cc1CN1CCN(c2ccccn2)CC1)N1CCC[C@H](CO)C1. The number of anilines is 1. The molecule has 2 aromatic heterocycles. The molecule has 1 amide bonds. The maximum Gasteiger partial charge on any atom is 0.260 e. The van der Waals surface area contributed by atoms with Crippen LogP contribution in [0.4, 0.5) is 5.82 Å². The van der Waals surface area contributed by atoms with E-state index in [1.165, 1.54) is 21.2 Å². The zero-order chi connectivity index (χ0) is 27.3. The zero-order valence-corrected chi connectivity index (χ0v) is 23.6. The van der Waals surface area contributed by atoms with Crippen molar-refractivity contribution in [3.63, 3.8) is 0 Å². The van der Waals surface area contributed by atoms with E-state index in [9.17, 15) is 9.90 Å². The van der Waals surface area contributed by atoms with Gasteiger partial charge in [-0.2, -0.15) is 0 Å². The summed E-state index contributed by atoms with van der Waals surface area (Å²) in [4.78, 5) is 24.1. The Bertz CT molecular complexity index is 1430. The molecule has 1 N–H and O–H groups in total. The predicted octanol–water partition coefficient (Wildman–Crippen LogP) is 4.90. The molecule has 2 aliphatic heterocycles. The fourth-order valence-corrected chi connectivity index (χ4v) is 6.77. The van der Waals surface area contributed by atoms with Crippen molar-refractivity contribution in [2.75, 3.05) is 57.4 Å². The van der Waals surface area contributed by atoms with Gasteiger partial charge in [0.05, 0.1) is 0 Å². The number of hydrogen-bond donors (Lipinski definition) is 1. The molecule has 0 radical (unpaired) electrons. The number of pyridine rings is 1. The molecule has 2 saturated heterocycles. The van der Waals surface area contributed by atoms with Crippen LogP contribution in [0.1, 0.15) is 18.4 Å². The molecule has 2 aromatic carbocycles. The Morgan fingerprint density at radius 2 is 1.88 bits per heavy atom. The summed E-state index contributed by atoms with van der Waals surface area (Å²) in [5, 5.41) is 13.1. The van der Waals surface area contributed by atoms with Crippen LogP contribution in [0.15, 0.2) is 72.2 Å². The van der Waals surface area contributed by atoms with Crippen LogP contribution in [0.25, 0.3) is 21.2 Å². The van der Waals surface area contributed by atoms with E-state index in [4.69, 9.17) is 4.74 Å². The van der Waals surface area contributed by atoms with E-state index in [1.807, 2.05) is 29.3 Å². The molecule has 208 valence electrons. The number of carbonyl (C=O) groups is 1. The van der Waals surface area contributed by atoms with Gasteiger partial charge in [0.15, 0.2) is 6.61 Å². The minimum absolute atomic E-state index is 0.0130. The van der Waals surface area contributed by atoms with Gasteiger partial charge < -0.3 is 19.6 Å². The van der Waals surface area contributed by atoms with E-state index in [-0.39, 0.29) is 25.0 Å². The fourth-order valence-electron chi connectivity index (χ4n) is 5.80. The van der Waals surface area contributed by atoms with Crippen molar-refractivity contribution in [3.05, 3.63) is 77.8 Å². The van der Waals surface area contributed by atoms with Gasteiger partial charge >= 0.3 is 0 Å². The number of nitrogens with zero attached hydrogens (tertiary/aromatic N) is 4. The smallest absolute Gasteiger partial charge is 0.260 e. The molecule has 0 bridgehead atoms. The molecule has 40 heavy (non-hydrogen) atoms. The van der Waals surface area contributed by atoms with Crippen LogP contribution < -0.4 is 9.64 Å². The van der Waals surface area contributed by atoms with Crippen LogP contribution in [0.5, 0.6) is 5.75 Å². The highest BCUT2D eigenvalue weighted by molar-refractivity contribution is 7.17. The van der Waals surface area contributed by atoms with Gasteiger partial charge in [-0.15, -0.1) is 11.3 Å². The van der Waals surface area contributed by atoms with Crippen molar-refractivity contribution in [1.29, 1.82) is 0 Å². The van der Waals surface area contributed by atoms with E-state index >= 15 is 0 Å². The molecule has 0 saturated carbocycles. The average molecular weight is 557 g/mol. The predicted molar refractivity (Wildman–Crippen MR) is 161 cm³/mol. The Morgan fingerprint density at radius 1 is 1.02 bits per heavy atom. The Labute approximate surface area is 239 Å². The third-order valence-corrected chi connectivity index (χ3v) is 9.04. The first kappa shape index (κ1) is 26.7. The second kappa shape index (κ2) is 12.4. The summed E-state index contributed by atoms with van der Waals surface area (Å²) in [5.41, 5.74) is 3.49. The van der Waals surface area contributed by atoms with E-state index in [0.29, 0.717) is 6.54 Å². The molecule has 0 spiro atoms. The number of carbonyl (C=O) groups excluding carboxylic acids is 1. The van der Waals surface area contributed by atoms with Crippen LogP contribution in [-0.2, 0) is 11.3 Å². The first-order chi connectivity index (χ1) is 19.7. The lowest BCUT2D eigenvalue weighted by molar-refractivity contribution is -0.135. The van der Waals surface area contributed by atoms with Crippen LogP contribution in [0.2, 0.25) is 0 Å². The number of ether oxygens (including phenoxy) is 1. The highest BCUT2D eigenvalue weighted by Crippen LogP contribution is 2.36. The minimum Gasteiger partial charge on any atom is -0.483 e. The summed E-state index contributed by atoms with van der Waals surface area (Å²) < 4.78 is 7.49. The Kier molecular flexibility index (Phi) is 8.27. The number of likely N-dealkylation sites (tertiary alicyclic amines) is 1. The van der Waals surface area contributed by atoms with Crippen LogP contribution in [-0.4, -0.2) is 78.3 Å². The van der Waals surface area contributed by atoms with Gasteiger partial charge in [-0.05, 0) is 60.0 Å². The molecule has 7 nitrogen and oxygen atoms in total. The zero-order valence-electron chi connectivity index (χ0n) is 22.7. The lowest BCUT2D eigenvalue weighted by Gasteiger charge is -2.35. The van der Waals surface area contributed by atoms with Crippen molar-refractivity contribution < 1.29 is 14.6 Å². The van der Waals surface area contributed by atoms with E-state index in [1.54, 1.807) is 11.3 Å². The first-order valence-electron chi connectivity index (χ1n) is 14.2. The normalized spacial score (nSPS) is 18.3. The van der Waals surface area contributed by atoms with E-state index in [2.05, 4.69) is 62.6 Å². The number of aliphatic hydroxyl groups excluding tert-OH is 1. The second-order valence-electron chi connectivity index (χ2n) is 10.7. The summed E-state index contributed by atoms with van der Waals surface area (Å²) in [7, 11) is 0. The topological polar surface area (TPSA) is 69.1 Å². The molecule has 2 aliphatic rings. The average Bonchev–Trinajstić information content (AvgIpc) is 3.45. The molecule has 2 fully saturated rings. The third kappa shape index (κ3) is 5.99. The van der Waals surface area contributed by atoms with E-state index < -0.39 is 0 Å². The largest absolute Gasteiger partial charge is 0.483 e. The molecule has 4 heterocycles. The maximum atomic E-state index is 13.0. The van der Waals surface area contributed by atoms with Crippen molar-refractivity contribution in [2.45, 2.75) is 19.4 Å². The number of piperazine rings is 1. The van der Waals surface area contributed by atoms with Gasteiger partial charge in [0.2, 0.25) is 0 Å². The van der Waals surface area contributed by atoms with Crippen molar-refractivity contribution in [1.82, 2.24) is 14.8 Å². The Balaban J connectivity index is 1.20.